The van der Waals surface area contributed by atoms with Crippen molar-refractivity contribution in [2.75, 3.05) is 39.3 Å². The Labute approximate surface area is 212 Å². The van der Waals surface area contributed by atoms with Crippen molar-refractivity contribution in [3.63, 3.8) is 0 Å². The smallest absolute Gasteiger partial charge is 0.100 e. The average molecular weight is 494 g/mol. The minimum Gasteiger partial charge on any atom is -0.313 e. The molecule has 5 aliphatic rings. The van der Waals surface area contributed by atoms with Gasteiger partial charge in [0.05, 0.1) is 18.5 Å². The second kappa shape index (κ2) is 12.9. The predicted octanol–water partition coefficient (Wildman–Crippen LogP) is 2.27. The lowest BCUT2D eigenvalue weighted by Crippen LogP contribution is -2.66. The summed E-state index contributed by atoms with van der Waals surface area (Å²) < 4.78 is 13.7. The second-order valence-electron chi connectivity index (χ2n) is 12.4. The number of alkyl halides is 1. The van der Waals surface area contributed by atoms with Crippen LogP contribution in [0.5, 0.6) is 0 Å². The molecule has 35 heavy (non-hydrogen) atoms. The first-order valence-corrected chi connectivity index (χ1v) is 15.0. The number of hydrazine groups is 1. The van der Waals surface area contributed by atoms with Gasteiger partial charge >= 0.3 is 0 Å². The molecule has 3 heterocycles. The third-order valence-corrected chi connectivity index (χ3v) is 9.70. The van der Waals surface area contributed by atoms with Gasteiger partial charge in [-0.25, -0.2) is 9.40 Å². The number of nitrogens with zero attached hydrogens (tertiary/aromatic N) is 1. The van der Waals surface area contributed by atoms with Gasteiger partial charge in [0.2, 0.25) is 0 Å². The molecule has 0 spiro atoms. The van der Waals surface area contributed by atoms with Gasteiger partial charge in [-0.15, -0.1) is 0 Å². The number of piperidine rings is 1. The summed E-state index contributed by atoms with van der Waals surface area (Å²) in [4.78, 5) is 0. The van der Waals surface area contributed by atoms with Crippen LogP contribution in [0, 0.1) is 23.7 Å². The van der Waals surface area contributed by atoms with Gasteiger partial charge in [0.15, 0.2) is 0 Å². The summed E-state index contributed by atoms with van der Waals surface area (Å²) in [7, 11) is 0. The zero-order chi connectivity index (χ0) is 24.0. The molecule has 3 aliphatic heterocycles. The Bertz CT molecular complexity index is 619. The van der Waals surface area contributed by atoms with Crippen LogP contribution in [-0.4, -0.2) is 75.0 Å². The predicted molar refractivity (Wildman–Crippen MR) is 140 cm³/mol. The zero-order valence-electron chi connectivity index (χ0n) is 22.0. The second-order valence-corrected chi connectivity index (χ2v) is 12.4. The van der Waals surface area contributed by atoms with Gasteiger partial charge in [0, 0.05) is 45.3 Å². The summed E-state index contributed by atoms with van der Waals surface area (Å²) in [5, 5.41) is 21.4. The van der Waals surface area contributed by atoms with E-state index in [1.54, 1.807) is 0 Å². The molecule has 5 rings (SSSR count). The van der Waals surface area contributed by atoms with Crippen LogP contribution in [0.25, 0.3) is 0 Å². The van der Waals surface area contributed by atoms with E-state index in [0.717, 1.165) is 57.8 Å². The summed E-state index contributed by atoms with van der Waals surface area (Å²) in [5.41, 5.74) is 3.77. The van der Waals surface area contributed by atoms with Crippen LogP contribution in [0.15, 0.2) is 0 Å². The minimum atomic E-state index is -0.577. The fourth-order valence-corrected chi connectivity index (χ4v) is 7.54. The van der Waals surface area contributed by atoms with Crippen molar-refractivity contribution in [3.05, 3.63) is 0 Å². The molecule has 0 amide bonds. The molecular weight excluding hydrogens is 441 g/mol. The highest BCUT2D eigenvalue weighted by Crippen LogP contribution is 2.32. The van der Waals surface area contributed by atoms with Crippen molar-refractivity contribution in [3.8, 4) is 0 Å². The van der Waals surface area contributed by atoms with Crippen molar-refractivity contribution in [2.45, 2.75) is 108 Å². The quantitative estimate of drug-likeness (QED) is 0.310. The Balaban J connectivity index is 1.17. The van der Waals surface area contributed by atoms with Gasteiger partial charge in [0.1, 0.15) is 6.17 Å². The van der Waals surface area contributed by atoms with Gasteiger partial charge in [-0.3, -0.25) is 26.7 Å². The Kier molecular flexibility index (Phi) is 9.71. The molecular formula is C27H52FN7. The van der Waals surface area contributed by atoms with E-state index >= 15 is 0 Å². The van der Waals surface area contributed by atoms with E-state index in [0.29, 0.717) is 42.3 Å². The molecule has 0 bridgehead atoms. The monoisotopic (exact) mass is 493 g/mol. The van der Waals surface area contributed by atoms with Crippen molar-refractivity contribution in [1.29, 1.82) is 0 Å². The first-order valence-electron chi connectivity index (χ1n) is 15.0. The maximum Gasteiger partial charge on any atom is 0.100 e. The van der Waals surface area contributed by atoms with E-state index in [1.165, 1.54) is 58.0 Å². The molecule has 202 valence electrons. The fourth-order valence-electron chi connectivity index (χ4n) is 7.54. The highest BCUT2D eigenvalue weighted by Gasteiger charge is 2.38. The summed E-state index contributed by atoms with van der Waals surface area (Å²) in [5.74, 6) is 2.89. The van der Waals surface area contributed by atoms with Crippen molar-refractivity contribution in [2.24, 2.45) is 23.7 Å². The van der Waals surface area contributed by atoms with Gasteiger partial charge < -0.3 is 5.32 Å². The number of piperazine rings is 1. The van der Waals surface area contributed by atoms with Crippen molar-refractivity contribution >= 4 is 0 Å². The summed E-state index contributed by atoms with van der Waals surface area (Å²) in [6, 6.07) is 0.429. The first-order chi connectivity index (χ1) is 17.1. The molecule has 5 unspecified atom stereocenters. The van der Waals surface area contributed by atoms with E-state index in [-0.39, 0.29) is 0 Å². The van der Waals surface area contributed by atoms with Crippen molar-refractivity contribution < 1.29 is 4.39 Å². The molecule has 7 nitrogen and oxygen atoms in total. The van der Waals surface area contributed by atoms with Crippen LogP contribution < -0.4 is 32.0 Å². The first kappa shape index (κ1) is 26.3. The lowest BCUT2D eigenvalue weighted by atomic mass is 9.81. The van der Waals surface area contributed by atoms with Crippen LogP contribution in [-0.2, 0) is 0 Å². The highest BCUT2D eigenvalue weighted by molar-refractivity contribution is 4.93. The van der Waals surface area contributed by atoms with E-state index in [1.807, 2.05) is 0 Å². The van der Waals surface area contributed by atoms with Gasteiger partial charge in [0.25, 0.3) is 0 Å². The number of hydrogen-bond donors (Lipinski definition) is 6. The molecule has 3 saturated heterocycles. The van der Waals surface area contributed by atoms with Crippen LogP contribution in [0.1, 0.15) is 77.6 Å². The molecule has 0 radical (unpaired) electrons. The lowest BCUT2D eigenvalue weighted by Gasteiger charge is -2.43. The van der Waals surface area contributed by atoms with Gasteiger partial charge in [-0.1, -0.05) is 19.3 Å². The van der Waals surface area contributed by atoms with Crippen molar-refractivity contribution in [1.82, 2.24) is 37.0 Å². The average Bonchev–Trinajstić information content (AvgIpc) is 3.34. The maximum absolute atomic E-state index is 13.7. The Morgan fingerprint density at radius 1 is 0.886 bits per heavy atom. The van der Waals surface area contributed by atoms with Crippen LogP contribution >= 0.6 is 0 Å². The van der Waals surface area contributed by atoms with Gasteiger partial charge in [-0.05, 0) is 82.0 Å². The van der Waals surface area contributed by atoms with E-state index in [2.05, 4.69) is 43.9 Å². The molecule has 6 N–H and O–H groups in total. The summed E-state index contributed by atoms with van der Waals surface area (Å²) in [6.07, 6.45) is 13.4. The largest absolute Gasteiger partial charge is 0.313 e. The Hall–Kier alpha value is -0.350. The van der Waals surface area contributed by atoms with E-state index < -0.39 is 6.17 Å². The minimum absolute atomic E-state index is 0.310. The third kappa shape index (κ3) is 7.59. The molecule has 5 fully saturated rings. The number of rotatable bonds is 8. The van der Waals surface area contributed by atoms with Crippen LogP contribution in [0.2, 0.25) is 0 Å². The highest BCUT2D eigenvalue weighted by atomic mass is 19.1. The summed E-state index contributed by atoms with van der Waals surface area (Å²) in [6.45, 7) is 8.92. The number of halogens is 1. The van der Waals surface area contributed by atoms with Crippen LogP contribution in [0.3, 0.4) is 0 Å². The Morgan fingerprint density at radius 2 is 1.69 bits per heavy atom. The third-order valence-electron chi connectivity index (χ3n) is 9.70. The molecule has 2 saturated carbocycles. The Morgan fingerprint density at radius 3 is 2.46 bits per heavy atom. The SMILES string of the molecule is C[C@H](NC1CC(C2CNN(CC3CCCCC3)C2)CC(NC2CNCCN2)N1)C1CCC(F)CC1. The molecule has 6 atom stereocenters. The number of nitrogens with one attached hydrogen (secondary N) is 6. The fraction of sp³-hybridized carbons (Fsp3) is 1.00. The molecule has 0 aromatic heterocycles. The van der Waals surface area contributed by atoms with Gasteiger partial charge in [-0.2, -0.15) is 0 Å². The number of hydrogen-bond acceptors (Lipinski definition) is 7. The lowest BCUT2D eigenvalue weighted by molar-refractivity contribution is 0.112. The standard InChI is InChI=1S/C27H52FN7/c1-19(21-7-9-24(28)10-8-21)32-25-13-22(14-26(33-25)34-27-16-29-11-12-30-27)23-15-31-35(18-23)17-20-5-3-2-4-6-20/h19-27,29-34H,2-18H2,1H3/t19-,21?,22?,23?,24?,25?,26?,27?/m0/s1. The topological polar surface area (TPSA) is 75.4 Å². The molecule has 0 aromatic rings. The van der Waals surface area contributed by atoms with E-state index in [4.69, 9.17) is 0 Å². The molecule has 2 aliphatic carbocycles. The normalized spacial score (nSPS) is 41.1. The molecule has 8 heteroatoms. The van der Waals surface area contributed by atoms with E-state index in [9.17, 15) is 4.39 Å². The molecule has 0 aromatic carbocycles. The maximum atomic E-state index is 13.7. The van der Waals surface area contributed by atoms with Crippen LogP contribution in [0.4, 0.5) is 4.39 Å². The summed E-state index contributed by atoms with van der Waals surface area (Å²) >= 11 is 0. The zero-order valence-corrected chi connectivity index (χ0v) is 22.0.